The Kier molecular flexibility index (Phi) is 27.4. The smallest absolute Gasteiger partial charge is 0.490 e. The molecule has 0 aliphatic carbocycles. The molecule has 0 unspecified atom stereocenters. The minimum atomic E-state index is -5.08. The topological polar surface area (TPSA) is 339 Å². The maximum atomic E-state index is 13.2. The van der Waals surface area contributed by atoms with Gasteiger partial charge < -0.3 is 49.7 Å². The largest absolute Gasteiger partial charge is 0.493 e. The molecule has 6 aromatic rings. The van der Waals surface area contributed by atoms with Crippen LogP contribution in [0.5, 0.6) is 11.5 Å². The number of nitrogens with zero attached hydrogens (tertiary/aromatic N) is 7. The van der Waals surface area contributed by atoms with Crippen LogP contribution in [0, 0.1) is 13.8 Å². The number of aliphatic carboxylic acids is 1. The van der Waals surface area contributed by atoms with E-state index in [0.29, 0.717) is 116 Å². The van der Waals surface area contributed by atoms with E-state index in [-0.39, 0.29) is 51.2 Å². The van der Waals surface area contributed by atoms with Crippen LogP contribution in [-0.4, -0.2) is 178 Å². The molecule has 4 aromatic heterocycles. The zero-order valence-corrected chi connectivity index (χ0v) is 51.8. The van der Waals surface area contributed by atoms with Gasteiger partial charge in [0.1, 0.15) is 23.1 Å². The normalized spacial score (nSPS) is 14.6. The van der Waals surface area contributed by atoms with Gasteiger partial charge in [-0.3, -0.25) is 9.59 Å². The predicted octanol–water partition coefficient (Wildman–Crippen LogP) is 5.06. The quantitative estimate of drug-likeness (QED) is 0.0307. The molecule has 0 radical (unpaired) electrons. The monoisotopic (exact) mass is 1300 g/mol. The number of rotatable bonds is 23. The minimum Gasteiger partial charge on any atom is -0.493 e. The zero-order valence-electron chi connectivity index (χ0n) is 48.6. The number of aliphatic hydroxyl groups excluding tert-OH is 2. The molecule has 3 aliphatic heterocycles. The fourth-order valence-corrected chi connectivity index (χ4v) is 11.6. The van der Waals surface area contributed by atoms with Crippen LogP contribution in [0.2, 0.25) is 0 Å². The molecule has 31 heteroatoms. The maximum absolute atomic E-state index is 13.2. The lowest BCUT2D eigenvalue weighted by Crippen LogP contribution is -2.59. The SMILES string of the molecule is C1CCOC1.CCCc1nc(C)c2c(=O)[nH]c(-c3cc(S(=O)(=O)NC4CN(CCCCO)C4)ccc3OCC)nn12.CCCc1nc(C)c2c(=O)[nH]c(-c3cc(S(=O)(=O)NC4CNC4)ccc3OCC)nn12.O=C(O)C(F)(F)F.OCCCCBr. The number of carboxylic acids is 1. The molecule has 472 valence electrons. The van der Waals surface area contributed by atoms with Gasteiger partial charge in [-0.1, -0.05) is 29.8 Å². The number of aromatic nitrogens is 8. The average Bonchev–Trinajstić information content (AvgIpc) is 2.19. The van der Waals surface area contributed by atoms with Crippen LogP contribution in [0.4, 0.5) is 13.2 Å². The highest BCUT2D eigenvalue weighted by Crippen LogP contribution is 2.32. The van der Waals surface area contributed by atoms with Gasteiger partial charge in [0.2, 0.25) is 20.0 Å². The number of fused-ring (bicyclic) bond motifs is 2. The Morgan fingerprint density at radius 3 is 1.51 bits per heavy atom. The maximum Gasteiger partial charge on any atom is 0.490 e. The summed E-state index contributed by atoms with van der Waals surface area (Å²) in [5, 5.41) is 37.5. The third-order valence-electron chi connectivity index (χ3n) is 12.9. The lowest BCUT2D eigenvalue weighted by atomic mass is 10.1. The lowest BCUT2D eigenvalue weighted by molar-refractivity contribution is -0.192. The molecule has 0 spiro atoms. The van der Waals surface area contributed by atoms with E-state index >= 15 is 0 Å². The molecular formula is C54H78BrF3N12O13S2. The third-order valence-corrected chi connectivity index (χ3v) is 16.5. The van der Waals surface area contributed by atoms with E-state index in [1.807, 2.05) is 27.7 Å². The number of aryl methyl sites for hydroxylation is 4. The summed E-state index contributed by atoms with van der Waals surface area (Å²) in [5.41, 5.74) is 2.03. The number of H-pyrrole nitrogens is 2. The van der Waals surface area contributed by atoms with Gasteiger partial charge in [0, 0.05) is 82.9 Å². The minimum absolute atomic E-state index is 0.0676. The van der Waals surface area contributed by atoms with Gasteiger partial charge in [0.25, 0.3) is 11.1 Å². The molecule has 9 rings (SSSR count). The number of ether oxygens (including phenoxy) is 3. The van der Waals surface area contributed by atoms with Crippen LogP contribution in [0.25, 0.3) is 33.8 Å². The second-order valence-electron chi connectivity index (χ2n) is 19.8. The zero-order chi connectivity index (χ0) is 62.5. The average molecular weight is 1300 g/mol. The molecule has 0 amide bonds. The van der Waals surface area contributed by atoms with Gasteiger partial charge in [-0.2, -0.15) is 13.2 Å². The lowest BCUT2D eigenvalue weighted by Gasteiger charge is -2.39. The second kappa shape index (κ2) is 33.3. The number of nitrogens with one attached hydrogen (secondary N) is 5. The van der Waals surface area contributed by atoms with E-state index in [2.05, 4.69) is 65.7 Å². The Morgan fingerprint density at radius 2 is 1.16 bits per heavy atom. The number of unbranched alkanes of at least 4 members (excludes halogenated alkanes) is 2. The summed E-state index contributed by atoms with van der Waals surface area (Å²) < 4.78 is 109. The molecule has 3 fully saturated rings. The van der Waals surface area contributed by atoms with Gasteiger partial charge >= 0.3 is 12.1 Å². The molecule has 25 nitrogen and oxygen atoms in total. The van der Waals surface area contributed by atoms with E-state index in [1.165, 1.54) is 37.1 Å². The molecule has 3 aliphatic rings. The predicted molar refractivity (Wildman–Crippen MR) is 316 cm³/mol. The highest BCUT2D eigenvalue weighted by Gasteiger charge is 2.38. The van der Waals surface area contributed by atoms with Crippen molar-refractivity contribution in [2.45, 2.75) is 134 Å². The molecule has 7 heterocycles. The van der Waals surface area contributed by atoms with Crippen LogP contribution in [0.15, 0.2) is 55.8 Å². The van der Waals surface area contributed by atoms with Crippen LogP contribution in [0.1, 0.15) is 102 Å². The van der Waals surface area contributed by atoms with Crippen LogP contribution < -0.4 is 35.4 Å². The van der Waals surface area contributed by atoms with Crippen molar-refractivity contribution in [3.63, 3.8) is 0 Å². The number of aromatic amines is 2. The Bertz CT molecular complexity index is 3470. The number of alkyl halides is 4. The van der Waals surface area contributed by atoms with Gasteiger partial charge in [-0.25, -0.2) is 50.1 Å². The second-order valence-corrected chi connectivity index (χ2v) is 24.0. The molecule has 2 aromatic carbocycles. The summed E-state index contributed by atoms with van der Waals surface area (Å²) in [6, 6.07) is 8.80. The van der Waals surface area contributed by atoms with Crippen LogP contribution >= 0.6 is 15.9 Å². The Morgan fingerprint density at radius 1 is 0.729 bits per heavy atom. The first-order valence-corrected chi connectivity index (χ1v) is 32.2. The molecule has 3 saturated heterocycles. The number of imidazole rings is 2. The van der Waals surface area contributed by atoms with Gasteiger partial charge in [-0.05, 0) is 122 Å². The number of hydrogen-bond acceptors (Lipinski definition) is 18. The number of carbonyl (C=O) groups is 1. The van der Waals surface area contributed by atoms with Crippen LogP contribution in [-0.2, 0) is 42.4 Å². The first kappa shape index (κ1) is 69.9. The summed E-state index contributed by atoms with van der Waals surface area (Å²) >= 11 is 3.24. The number of likely N-dealkylation sites (tertiary alicyclic amines) is 1. The van der Waals surface area contributed by atoms with E-state index in [9.17, 15) is 39.6 Å². The Balaban J connectivity index is 0.000000242. The van der Waals surface area contributed by atoms with Crippen molar-refractivity contribution in [1.82, 2.24) is 58.8 Å². The highest BCUT2D eigenvalue weighted by molar-refractivity contribution is 9.09. The van der Waals surface area contributed by atoms with Crippen molar-refractivity contribution in [3.05, 3.63) is 80.1 Å². The van der Waals surface area contributed by atoms with E-state index in [4.69, 9.17) is 34.3 Å². The van der Waals surface area contributed by atoms with E-state index in [1.54, 1.807) is 35.0 Å². The van der Waals surface area contributed by atoms with Gasteiger partial charge in [-0.15, -0.1) is 10.2 Å². The summed E-state index contributed by atoms with van der Waals surface area (Å²) in [7, 11) is -7.54. The Hall–Kier alpha value is -5.90. The first-order valence-electron chi connectivity index (χ1n) is 28.1. The van der Waals surface area contributed by atoms with Crippen molar-refractivity contribution in [1.29, 1.82) is 0 Å². The summed E-state index contributed by atoms with van der Waals surface area (Å²) in [5.74, 6) is -0.112. The standard InChI is InChI=1S/C24H34N6O5S.C20H26N6O4S.C4H9BrO.C4H8O.C2HF3O2/c1-4-8-21-25-16(3)22-24(32)26-23(27-30(21)22)19-13-18(9-10-20(19)35-5-2)36(33,34)28-17-14-29(15-17)11-6-7-12-31;1-4-6-17-22-12(3)18-20(27)23-19(24-26(17)18)15-9-14(7-8-16(15)30-5-2)31(28,29)25-13-10-21-11-13;5-3-1-2-4-6;1-2-4-5-3-1;3-2(4,5)1(6)7/h9-10,13,17,28,31H,4-8,11-12,14-15H2,1-3H3,(H,26,27,32);7-9,13,21,25H,4-6,10-11H2,1-3H3,(H,23,24,27);6H,1-4H2;1-4H2;(H,6,7). The van der Waals surface area contributed by atoms with Crippen molar-refractivity contribution < 1.29 is 64.3 Å². The van der Waals surface area contributed by atoms with Crippen molar-refractivity contribution >= 4 is 53.0 Å². The number of hydrogen-bond donors (Lipinski definition) is 8. The summed E-state index contributed by atoms with van der Waals surface area (Å²) in [6.45, 7) is 17.7. The molecule has 85 heavy (non-hydrogen) atoms. The molecule has 8 N–H and O–H groups in total. The third kappa shape index (κ3) is 19.8. The molecular weight excluding hydrogens is 1230 g/mol. The summed E-state index contributed by atoms with van der Waals surface area (Å²) in [6.07, 6.45) is 4.10. The number of carboxylic acid groups (broad SMARTS) is 1. The van der Waals surface area contributed by atoms with E-state index < -0.39 is 32.2 Å². The number of aliphatic hydroxyl groups is 2. The highest BCUT2D eigenvalue weighted by atomic mass is 79.9. The molecule has 0 saturated carbocycles. The van der Waals surface area contributed by atoms with Crippen molar-refractivity contribution in [2.75, 3.05) is 77.7 Å². The Labute approximate surface area is 499 Å². The van der Waals surface area contributed by atoms with Gasteiger partial charge in [0.05, 0.1) is 45.5 Å². The fraction of sp³-hybridized carbons (Fsp3) is 0.574. The van der Waals surface area contributed by atoms with Crippen molar-refractivity contribution in [3.8, 4) is 34.3 Å². The fourth-order valence-electron chi connectivity index (χ4n) is 8.71. The molecule has 0 atom stereocenters. The van der Waals surface area contributed by atoms with Gasteiger partial charge in [0.15, 0.2) is 22.7 Å². The number of benzene rings is 2. The molecule has 0 bridgehead atoms. The number of sulfonamides is 2. The van der Waals surface area contributed by atoms with Crippen molar-refractivity contribution in [2.24, 2.45) is 0 Å². The summed E-state index contributed by atoms with van der Waals surface area (Å²) in [4.78, 5) is 51.5. The first-order chi connectivity index (χ1) is 40.5. The van der Waals surface area contributed by atoms with Crippen LogP contribution in [0.3, 0.4) is 0 Å². The van der Waals surface area contributed by atoms with E-state index in [0.717, 1.165) is 63.6 Å². The number of halogens is 4.